The number of benzene rings is 2. The fraction of sp³-hybridized carbons (Fsp3) is 0.457. The third-order valence-electron chi connectivity index (χ3n) is 9.37. The van der Waals surface area contributed by atoms with Crippen molar-refractivity contribution in [3.63, 3.8) is 0 Å². The van der Waals surface area contributed by atoms with Crippen LogP contribution in [-0.2, 0) is 25.5 Å². The topological polar surface area (TPSA) is 90.4 Å². The Labute approximate surface area is 264 Å². The van der Waals surface area contributed by atoms with Gasteiger partial charge in [-0.15, -0.1) is 18.3 Å². The predicted molar refractivity (Wildman–Crippen MR) is 176 cm³/mol. The van der Waals surface area contributed by atoms with Gasteiger partial charge in [0.2, 0.25) is 5.91 Å². The van der Waals surface area contributed by atoms with Crippen LogP contribution in [0, 0.1) is 11.8 Å². The van der Waals surface area contributed by atoms with Crippen molar-refractivity contribution < 1.29 is 24.2 Å². The second-order valence-electron chi connectivity index (χ2n) is 11.7. The first-order valence-corrected chi connectivity index (χ1v) is 16.4. The van der Waals surface area contributed by atoms with Crippen LogP contribution in [-0.4, -0.2) is 82.7 Å². The van der Waals surface area contributed by atoms with Crippen LogP contribution in [0.5, 0.6) is 0 Å². The molecule has 0 saturated carbocycles. The summed E-state index contributed by atoms with van der Waals surface area (Å²) in [5.74, 6) is -2.27. The third-order valence-corrected chi connectivity index (χ3v) is 11.3. The first-order valence-electron chi connectivity index (χ1n) is 15.5. The Morgan fingerprint density at radius 1 is 1.09 bits per heavy atom. The maximum atomic E-state index is 14.9. The summed E-state index contributed by atoms with van der Waals surface area (Å²) < 4.78 is 4.69. The number of fused-ring (bicyclic) bond motifs is 1. The van der Waals surface area contributed by atoms with Crippen LogP contribution in [0.15, 0.2) is 79.9 Å². The Morgan fingerprint density at radius 2 is 1.77 bits per heavy atom. The van der Waals surface area contributed by atoms with Crippen LogP contribution in [0.4, 0.5) is 11.4 Å². The first kappa shape index (κ1) is 31.9. The second kappa shape index (κ2) is 13.6. The average molecular weight is 618 g/mol. The number of carbonyl (C=O) groups is 3. The minimum Gasteiger partial charge on any atom is -0.461 e. The molecule has 8 nitrogen and oxygen atoms in total. The number of carbonyl (C=O) groups excluding carboxylic acids is 3. The number of rotatable bonds is 14. The summed E-state index contributed by atoms with van der Waals surface area (Å²) in [5, 5.41) is 10.6. The number of aliphatic hydroxyl groups is 1. The van der Waals surface area contributed by atoms with Crippen LogP contribution in [0.25, 0.3) is 0 Å². The summed E-state index contributed by atoms with van der Waals surface area (Å²) in [7, 11) is 0. The van der Waals surface area contributed by atoms with Crippen molar-refractivity contribution in [3.8, 4) is 0 Å². The van der Waals surface area contributed by atoms with Crippen molar-refractivity contribution >= 4 is 40.9 Å². The van der Waals surface area contributed by atoms with E-state index in [1.807, 2.05) is 54.6 Å². The number of aliphatic hydroxyl groups excluding tert-OH is 1. The Balaban J connectivity index is 1.57. The molecule has 3 aliphatic heterocycles. The van der Waals surface area contributed by atoms with Gasteiger partial charge in [0.05, 0.1) is 29.2 Å². The van der Waals surface area contributed by atoms with Gasteiger partial charge >= 0.3 is 5.97 Å². The summed E-state index contributed by atoms with van der Waals surface area (Å²) >= 11 is 1.59. The van der Waals surface area contributed by atoms with E-state index in [0.29, 0.717) is 24.9 Å². The molecule has 1 spiro atoms. The van der Waals surface area contributed by atoms with Gasteiger partial charge in [-0.3, -0.25) is 14.4 Å². The van der Waals surface area contributed by atoms with Gasteiger partial charge in [-0.05, 0) is 62.9 Å². The van der Waals surface area contributed by atoms with E-state index in [-0.39, 0.29) is 36.8 Å². The number of hydrogen-bond acceptors (Lipinski definition) is 7. The van der Waals surface area contributed by atoms with Gasteiger partial charge in [-0.2, -0.15) is 0 Å². The highest BCUT2D eigenvalue weighted by molar-refractivity contribution is 8.02. The van der Waals surface area contributed by atoms with E-state index in [0.717, 1.165) is 24.3 Å². The Kier molecular flexibility index (Phi) is 9.85. The van der Waals surface area contributed by atoms with Gasteiger partial charge in [0.15, 0.2) is 0 Å². The van der Waals surface area contributed by atoms with Crippen molar-refractivity contribution in [1.29, 1.82) is 0 Å². The maximum Gasteiger partial charge on any atom is 0.311 e. The summed E-state index contributed by atoms with van der Waals surface area (Å²) in [5.41, 5.74) is 2.73. The standard InChI is InChI=1S/C35H43N3O5S/c1-5-20-37(26-16-14-25(15-17-26)36(7-3)8-4)33(41)31-35-19-18-28(44-35)29(34(42)43-21-6-2)30(35)32(40)38(31)27(23-39)22-24-12-10-9-11-13-24/h5-6,9-17,27-31,39H,1-2,7-8,18-23H2,3-4H3/t27-,28+,29-,30+,31?,35?/m1/s1. The molecular weight excluding hydrogens is 574 g/mol. The van der Waals surface area contributed by atoms with E-state index in [4.69, 9.17) is 4.74 Å². The molecule has 1 N–H and O–H groups in total. The second-order valence-corrected chi connectivity index (χ2v) is 13.3. The van der Waals surface area contributed by atoms with Crippen molar-refractivity contribution in [2.24, 2.45) is 11.8 Å². The van der Waals surface area contributed by atoms with Crippen molar-refractivity contribution in [1.82, 2.24) is 4.90 Å². The molecule has 2 amide bonds. The highest BCUT2D eigenvalue weighted by Gasteiger charge is 2.74. The van der Waals surface area contributed by atoms with E-state index < -0.39 is 34.6 Å². The van der Waals surface area contributed by atoms with E-state index in [2.05, 4.69) is 31.9 Å². The number of nitrogens with zero attached hydrogens (tertiary/aromatic N) is 3. The SMILES string of the molecule is C=CCOC(=O)[C@@H]1[C@@H]2CCC3(S2)C(C(=O)N(CC=C)c2ccc(N(CC)CC)cc2)N([C@@H](CO)Cc2ccccc2)C(=O)[C@H]13. The maximum absolute atomic E-state index is 14.9. The van der Waals surface area contributed by atoms with Crippen molar-refractivity contribution in [2.75, 3.05) is 42.6 Å². The van der Waals surface area contributed by atoms with Gasteiger partial charge in [-0.25, -0.2) is 0 Å². The quantitative estimate of drug-likeness (QED) is 0.247. The monoisotopic (exact) mass is 617 g/mol. The molecule has 0 aliphatic carbocycles. The highest BCUT2D eigenvalue weighted by Crippen LogP contribution is 2.67. The van der Waals surface area contributed by atoms with Gasteiger partial charge in [0.1, 0.15) is 12.6 Å². The summed E-state index contributed by atoms with van der Waals surface area (Å²) in [6.07, 6.45) is 4.93. The molecule has 2 aromatic rings. The minimum absolute atomic E-state index is 0.0660. The normalized spacial score (nSPS) is 25.8. The molecule has 3 fully saturated rings. The number of esters is 1. The highest BCUT2D eigenvalue weighted by atomic mass is 32.2. The molecule has 3 heterocycles. The minimum atomic E-state index is -0.865. The Bertz CT molecular complexity index is 1360. The molecule has 5 rings (SSSR count). The molecule has 2 aromatic carbocycles. The van der Waals surface area contributed by atoms with E-state index in [1.54, 1.807) is 27.6 Å². The number of thioether (sulfide) groups is 1. The molecule has 3 aliphatic rings. The lowest BCUT2D eigenvalue weighted by molar-refractivity contribution is -0.153. The van der Waals surface area contributed by atoms with Crippen LogP contribution in [0.3, 0.4) is 0 Å². The molecule has 6 atom stereocenters. The number of anilines is 2. The summed E-state index contributed by atoms with van der Waals surface area (Å²) in [6.45, 7) is 13.5. The van der Waals surface area contributed by atoms with Gasteiger partial charge in [0.25, 0.3) is 5.91 Å². The molecular formula is C35H43N3O5S. The lowest BCUT2D eigenvalue weighted by Crippen LogP contribution is -2.58. The van der Waals surface area contributed by atoms with Gasteiger partial charge < -0.3 is 24.5 Å². The largest absolute Gasteiger partial charge is 0.461 e. The molecule has 2 bridgehead atoms. The average Bonchev–Trinajstić information content (AvgIpc) is 3.70. The molecule has 3 saturated heterocycles. The fourth-order valence-electron chi connectivity index (χ4n) is 7.44. The first-order chi connectivity index (χ1) is 21.3. The smallest absolute Gasteiger partial charge is 0.311 e. The van der Waals surface area contributed by atoms with E-state index in [9.17, 15) is 19.5 Å². The van der Waals surface area contributed by atoms with Crippen molar-refractivity contribution in [3.05, 3.63) is 85.5 Å². The van der Waals surface area contributed by atoms with Crippen LogP contribution in [0.1, 0.15) is 32.3 Å². The Hall–Kier alpha value is -3.56. The number of likely N-dealkylation sites (tertiary alicyclic amines) is 1. The predicted octanol–water partition coefficient (Wildman–Crippen LogP) is 4.48. The zero-order valence-corrected chi connectivity index (χ0v) is 26.5. The summed E-state index contributed by atoms with van der Waals surface area (Å²) in [4.78, 5) is 48.4. The molecule has 9 heteroatoms. The van der Waals surface area contributed by atoms with Crippen molar-refractivity contribution in [2.45, 2.75) is 55.2 Å². The number of ether oxygens (including phenoxy) is 1. The lowest BCUT2D eigenvalue weighted by atomic mass is 9.71. The third kappa shape index (κ3) is 5.56. The molecule has 2 unspecified atom stereocenters. The molecule has 234 valence electrons. The van der Waals surface area contributed by atoms with E-state index >= 15 is 0 Å². The molecule has 0 radical (unpaired) electrons. The Morgan fingerprint density at radius 3 is 2.39 bits per heavy atom. The summed E-state index contributed by atoms with van der Waals surface area (Å²) in [6, 6.07) is 16.1. The zero-order valence-electron chi connectivity index (χ0n) is 25.6. The van der Waals surface area contributed by atoms with Crippen LogP contribution < -0.4 is 9.80 Å². The fourth-order valence-corrected chi connectivity index (χ4v) is 9.62. The zero-order chi connectivity index (χ0) is 31.4. The van der Waals surface area contributed by atoms with Gasteiger partial charge in [-0.1, -0.05) is 49.1 Å². The van der Waals surface area contributed by atoms with E-state index in [1.165, 1.54) is 6.08 Å². The number of amides is 2. The van der Waals surface area contributed by atoms with Crippen LogP contribution >= 0.6 is 11.8 Å². The molecule has 0 aromatic heterocycles. The lowest BCUT2D eigenvalue weighted by Gasteiger charge is -2.39. The van der Waals surface area contributed by atoms with Gasteiger partial charge in [0, 0.05) is 36.3 Å². The number of hydrogen-bond donors (Lipinski definition) is 1. The van der Waals surface area contributed by atoms with Crippen LogP contribution in [0.2, 0.25) is 0 Å². The molecule has 44 heavy (non-hydrogen) atoms.